The first-order valence-corrected chi connectivity index (χ1v) is 6.64. The van der Waals surface area contributed by atoms with E-state index in [0.717, 1.165) is 24.8 Å². The van der Waals surface area contributed by atoms with Crippen molar-refractivity contribution in [3.05, 3.63) is 47.5 Å². The maximum atomic E-state index is 11.5. The van der Waals surface area contributed by atoms with E-state index in [1.54, 1.807) is 6.21 Å². The Bertz CT molecular complexity index is 477. The highest BCUT2D eigenvalue weighted by Gasteiger charge is 2.10. The lowest BCUT2D eigenvalue weighted by Crippen LogP contribution is -2.08. The zero-order valence-electron chi connectivity index (χ0n) is 11.2. The summed E-state index contributed by atoms with van der Waals surface area (Å²) in [5.41, 5.74) is 2.40. The number of nitrogens with zero attached hydrogens (tertiary/aromatic N) is 1. The number of rotatable bonds is 3. The standard InChI is InChI=1S/C16H19NO2/c1-13-7-9-14(10-8-13)11-17-16(18)19-12-15-5-3-2-4-6-15/h2-7,11,14H,8-10,12H2,1H3. The summed E-state index contributed by atoms with van der Waals surface area (Å²) in [7, 11) is 0. The van der Waals surface area contributed by atoms with Gasteiger partial charge >= 0.3 is 6.09 Å². The fourth-order valence-corrected chi connectivity index (χ4v) is 2.04. The van der Waals surface area contributed by atoms with Gasteiger partial charge in [-0.25, -0.2) is 4.79 Å². The first kappa shape index (κ1) is 13.5. The molecule has 0 saturated heterocycles. The first-order valence-electron chi connectivity index (χ1n) is 6.64. The molecule has 0 aliphatic heterocycles. The number of hydrogen-bond donors (Lipinski definition) is 0. The van der Waals surface area contributed by atoms with Gasteiger partial charge in [-0.3, -0.25) is 0 Å². The lowest BCUT2D eigenvalue weighted by molar-refractivity contribution is 0.151. The van der Waals surface area contributed by atoms with Gasteiger partial charge in [0.25, 0.3) is 0 Å². The summed E-state index contributed by atoms with van der Waals surface area (Å²) in [6.07, 6.45) is 6.58. The molecule has 1 unspecified atom stereocenters. The van der Waals surface area contributed by atoms with E-state index in [4.69, 9.17) is 4.74 Å². The molecule has 0 heterocycles. The van der Waals surface area contributed by atoms with Gasteiger partial charge in [-0.05, 0) is 37.7 Å². The van der Waals surface area contributed by atoms with Crippen molar-refractivity contribution in [2.45, 2.75) is 32.8 Å². The van der Waals surface area contributed by atoms with Crippen LogP contribution >= 0.6 is 0 Å². The number of amides is 1. The number of carbonyl (C=O) groups is 1. The van der Waals surface area contributed by atoms with Gasteiger partial charge in [-0.2, -0.15) is 4.99 Å². The van der Waals surface area contributed by atoms with Crippen LogP contribution in [0.4, 0.5) is 4.79 Å². The van der Waals surface area contributed by atoms with Crippen LogP contribution in [0.5, 0.6) is 0 Å². The molecule has 0 spiro atoms. The molecule has 19 heavy (non-hydrogen) atoms. The van der Waals surface area contributed by atoms with Gasteiger partial charge in [0.1, 0.15) is 6.61 Å². The Labute approximate surface area is 114 Å². The van der Waals surface area contributed by atoms with Crippen molar-refractivity contribution in [3.63, 3.8) is 0 Å². The third-order valence-electron chi connectivity index (χ3n) is 3.27. The quantitative estimate of drug-likeness (QED) is 0.603. The molecular weight excluding hydrogens is 238 g/mol. The van der Waals surface area contributed by atoms with E-state index in [1.807, 2.05) is 30.3 Å². The summed E-state index contributed by atoms with van der Waals surface area (Å²) >= 11 is 0. The van der Waals surface area contributed by atoms with E-state index in [0.29, 0.717) is 5.92 Å². The van der Waals surface area contributed by atoms with Gasteiger partial charge in [0, 0.05) is 6.21 Å². The van der Waals surface area contributed by atoms with Crippen LogP contribution in [0.25, 0.3) is 0 Å². The van der Waals surface area contributed by atoms with E-state index in [1.165, 1.54) is 5.57 Å². The Morgan fingerprint density at radius 3 is 2.89 bits per heavy atom. The van der Waals surface area contributed by atoms with Crippen molar-refractivity contribution in [1.82, 2.24) is 0 Å². The molecular formula is C16H19NO2. The SMILES string of the molecule is CC1=CCC(C=NC(=O)OCc2ccccc2)CC1. The molecule has 0 aromatic heterocycles. The summed E-state index contributed by atoms with van der Waals surface area (Å²) in [6, 6.07) is 9.62. The Balaban J connectivity index is 1.75. The average Bonchev–Trinajstić information content (AvgIpc) is 2.45. The molecule has 0 saturated carbocycles. The van der Waals surface area contributed by atoms with Gasteiger partial charge in [-0.15, -0.1) is 0 Å². The molecule has 1 aromatic carbocycles. The second-order valence-electron chi connectivity index (χ2n) is 4.90. The molecule has 100 valence electrons. The van der Waals surface area contributed by atoms with E-state index in [9.17, 15) is 4.79 Å². The van der Waals surface area contributed by atoms with Crippen molar-refractivity contribution < 1.29 is 9.53 Å². The summed E-state index contributed by atoms with van der Waals surface area (Å²) in [6.45, 7) is 2.42. The zero-order valence-corrected chi connectivity index (χ0v) is 11.2. The Kier molecular flexibility index (Phi) is 4.90. The van der Waals surface area contributed by atoms with Crippen molar-refractivity contribution in [1.29, 1.82) is 0 Å². The van der Waals surface area contributed by atoms with Crippen LogP contribution in [0.15, 0.2) is 47.0 Å². The van der Waals surface area contributed by atoms with E-state index in [2.05, 4.69) is 18.0 Å². The normalized spacial score (nSPS) is 19.2. The molecule has 1 atom stereocenters. The van der Waals surface area contributed by atoms with E-state index >= 15 is 0 Å². The second-order valence-corrected chi connectivity index (χ2v) is 4.90. The fraction of sp³-hybridized carbons (Fsp3) is 0.375. The highest BCUT2D eigenvalue weighted by atomic mass is 16.5. The summed E-state index contributed by atoms with van der Waals surface area (Å²) in [5, 5.41) is 0. The molecule has 1 amide bonds. The van der Waals surface area contributed by atoms with Crippen LogP contribution in [-0.4, -0.2) is 12.3 Å². The van der Waals surface area contributed by atoms with Crippen LogP contribution in [-0.2, 0) is 11.3 Å². The maximum absolute atomic E-state index is 11.5. The zero-order chi connectivity index (χ0) is 13.5. The van der Waals surface area contributed by atoms with E-state index < -0.39 is 6.09 Å². The third kappa shape index (κ3) is 4.70. The Morgan fingerprint density at radius 1 is 1.42 bits per heavy atom. The van der Waals surface area contributed by atoms with Crippen LogP contribution in [0.1, 0.15) is 31.7 Å². The molecule has 0 radical (unpaired) electrons. The first-order chi connectivity index (χ1) is 9.24. The number of hydrogen-bond acceptors (Lipinski definition) is 2. The molecule has 0 fully saturated rings. The topological polar surface area (TPSA) is 38.7 Å². The van der Waals surface area contributed by atoms with E-state index in [-0.39, 0.29) is 6.61 Å². The van der Waals surface area contributed by atoms with Crippen molar-refractivity contribution in [3.8, 4) is 0 Å². The highest BCUT2D eigenvalue weighted by molar-refractivity contribution is 5.80. The van der Waals surface area contributed by atoms with Crippen LogP contribution in [0, 0.1) is 5.92 Å². The second kappa shape index (κ2) is 6.88. The lowest BCUT2D eigenvalue weighted by atomic mass is 9.91. The molecule has 3 heteroatoms. The van der Waals surface area contributed by atoms with Crippen LogP contribution < -0.4 is 0 Å². The van der Waals surface area contributed by atoms with Crippen molar-refractivity contribution in [2.24, 2.45) is 10.9 Å². The van der Waals surface area contributed by atoms with Gasteiger partial charge in [0.2, 0.25) is 0 Å². The third-order valence-corrected chi connectivity index (χ3v) is 3.27. The fourth-order valence-electron chi connectivity index (χ4n) is 2.04. The Morgan fingerprint density at radius 2 is 2.21 bits per heavy atom. The molecule has 1 aliphatic carbocycles. The van der Waals surface area contributed by atoms with Gasteiger partial charge in [0.15, 0.2) is 0 Å². The predicted molar refractivity (Wildman–Crippen MR) is 76.2 cm³/mol. The number of aliphatic imine (C=N–C) groups is 1. The molecule has 2 rings (SSSR count). The average molecular weight is 257 g/mol. The van der Waals surface area contributed by atoms with Crippen molar-refractivity contribution in [2.75, 3.05) is 0 Å². The van der Waals surface area contributed by atoms with Gasteiger partial charge < -0.3 is 4.74 Å². The number of carbonyl (C=O) groups excluding carboxylic acids is 1. The van der Waals surface area contributed by atoms with Gasteiger partial charge in [-0.1, -0.05) is 42.0 Å². The molecule has 1 aromatic rings. The molecule has 0 bridgehead atoms. The lowest BCUT2D eigenvalue weighted by Gasteiger charge is -2.15. The predicted octanol–water partition coefficient (Wildman–Crippen LogP) is 4.14. The molecule has 0 N–H and O–H groups in total. The maximum Gasteiger partial charge on any atom is 0.433 e. The number of benzene rings is 1. The summed E-state index contributed by atoms with van der Waals surface area (Å²) < 4.78 is 5.09. The summed E-state index contributed by atoms with van der Waals surface area (Å²) in [5.74, 6) is 0.368. The highest BCUT2D eigenvalue weighted by Crippen LogP contribution is 2.21. The molecule has 1 aliphatic rings. The van der Waals surface area contributed by atoms with Crippen LogP contribution in [0.2, 0.25) is 0 Å². The largest absolute Gasteiger partial charge is 0.443 e. The number of allylic oxidation sites excluding steroid dienone is 2. The minimum absolute atomic E-state index is 0.278. The Hall–Kier alpha value is -1.90. The summed E-state index contributed by atoms with van der Waals surface area (Å²) in [4.78, 5) is 15.4. The smallest absolute Gasteiger partial charge is 0.433 e. The minimum Gasteiger partial charge on any atom is -0.443 e. The van der Waals surface area contributed by atoms with Crippen LogP contribution in [0.3, 0.4) is 0 Å². The minimum atomic E-state index is -0.505. The monoisotopic (exact) mass is 257 g/mol. The van der Waals surface area contributed by atoms with Crippen molar-refractivity contribution >= 4 is 12.3 Å². The molecule has 3 nitrogen and oxygen atoms in total. The number of ether oxygens (including phenoxy) is 1. The van der Waals surface area contributed by atoms with Gasteiger partial charge in [0.05, 0.1) is 0 Å².